The van der Waals surface area contributed by atoms with E-state index in [1.807, 2.05) is 60.1 Å². The molecule has 0 radical (unpaired) electrons. The van der Waals surface area contributed by atoms with E-state index >= 15 is 0 Å². The number of hydrogen-bond acceptors (Lipinski definition) is 6. The van der Waals surface area contributed by atoms with Crippen molar-refractivity contribution in [3.63, 3.8) is 0 Å². The summed E-state index contributed by atoms with van der Waals surface area (Å²) in [6, 6.07) is 22.1. The molecule has 3 aromatic heterocycles. The second-order valence-electron chi connectivity index (χ2n) is 9.12. The van der Waals surface area contributed by atoms with Gasteiger partial charge < -0.3 is 9.40 Å². The van der Waals surface area contributed by atoms with E-state index in [2.05, 4.69) is 50.5 Å². The maximum absolute atomic E-state index is 13.1. The number of aromatic amines is 1. The first-order valence-electron chi connectivity index (χ1n) is 12.3. The molecule has 3 heterocycles. The average Bonchev–Trinajstić information content (AvgIpc) is 3.57. The van der Waals surface area contributed by atoms with Crippen molar-refractivity contribution in [3.8, 4) is 0 Å². The Balaban J connectivity index is 1.45. The zero-order valence-corrected chi connectivity index (χ0v) is 20.6. The number of hydrogen-bond donors (Lipinski definition) is 1. The van der Waals surface area contributed by atoms with E-state index < -0.39 is 0 Å². The molecular weight excluding hydrogens is 452 g/mol. The largest absolute Gasteiger partial charge is 0.468 e. The first-order valence-corrected chi connectivity index (χ1v) is 12.3. The number of tetrazole rings is 1. The number of H-pyrrole nitrogens is 1. The normalized spacial score (nSPS) is 12.4. The molecule has 0 aliphatic heterocycles. The van der Waals surface area contributed by atoms with Crippen LogP contribution in [-0.2, 0) is 26.1 Å². The van der Waals surface area contributed by atoms with Crippen LogP contribution in [0.4, 0.5) is 0 Å². The second-order valence-corrected chi connectivity index (χ2v) is 9.12. The molecule has 184 valence electrons. The highest BCUT2D eigenvalue weighted by Gasteiger charge is 2.26. The van der Waals surface area contributed by atoms with Crippen molar-refractivity contribution in [1.29, 1.82) is 0 Å². The van der Waals surface area contributed by atoms with Gasteiger partial charge in [0, 0.05) is 24.2 Å². The number of nitrogens with zero attached hydrogens (tertiary/aromatic N) is 5. The minimum Gasteiger partial charge on any atom is -0.468 e. The van der Waals surface area contributed by atoms with Gasteiger partial charge in [-0.3, -0.25) is 9.69 Å². The second kappa shape index (κ2) is 10.7. The number of pyridine rings is 1. The average molecular weight is 483 g/mol. The number of rotatable bonds is 10. The number of nitrogens with one attached hydrogen (secondary N) is 1. The molecule has 36 heavy (non-hydrogen) atoms. The maximum Gasteiger partial charge on any atom is 0.252 e. The molecule has 8 heteroatoms. The topological polar surface area (TPSA) is 92.8 Å². The lowest BCUT2D eigenvalue weighted by atomic mass is 10.1. The number of aromatic nitrogens is 5. The predicted molar refractivity (Wildman–Crippen MR) is 138 cm³/mol. The molecule has 2 aromatic carbocycles. The molecule has 0 fully saturated rings. The third kappa shape index (κ3) is 5.28. The lowest BCUT2D eigenvalue weighted by molar-refractivity contribution is 0.148. The molecule has 5 rings (SSSR count). The van der Waals surface area contributed by atoms with E-state index in [4.69, 9.17) is 4.42 Å². The van der Waals surface area contributed by atoms with Gasteiger partial charge in [0.15, 0.2) is 5.82 Å². The van der Waals surface area contributed by atoms with Crippen molar-refractivity contribution in [2.24, 2.45) is 0 Å². The summed E-state index contributed by atoms with van der Waals surface area (Å²) in [6.45, 7) is 5.77. The molecule has 1 atom stereocenters. The summed E-state index contributed by atoms with van der Waals surface area (Å²) in [5.41, 5.74) is 3.80. The fourth-order valence-corrected chi connectivity index (χ4v) is 4.67. The summed E-state index contributed by atoms with van der Waals surface area (Å²) in [6.07, 6.45) is 3.28. The Bertz CT molecular complexity index is 1470. The standard InChI is InChI=1S/C28H30N6O2/c1-3-26(27-30-31-32-34(27)14-13-21-8-5-4-6-9-21)33(19-24-10-7-15-36-24)18-23-17-22-12-11-20(2)16-25(22)29-28(23)35/h4-12,15-17,26H,3,13-14,18-19H2,1-2H3,(H,29,35)/t26-/m1/s1. The summed E-state index contributed by atoms with van der Waals surface area (Å²) in [5, 5.41) is 13.7. The van der Waals surface area contributed by atoms with Crippen LogP contribution in [0.3, 0.4) is 0 Å². The summed E-state index contributed by atoms with van der Waals surface area (Å²) in [4.78, 5) is 18.3. The van der Waals surface area contributed by atoms with Crippen LogP contribution in [0.25, 0.3) is 10.9 Å². The number of benzene rings is 2. The van der Waals surface area contributed by atoms with Gasteiger partial charge >= 0.3 is 0 Å². The van der Waals surface area contributed by atoms with E-state index in [0.717, 1.165) is 40.9 Å². The highest BCUT2D eigenvalue weighted by atomic mass is 16.3. The number of furan rings is 1. The summed E-state index contributed by atoms with van der Waals surface area (Å²) in [5.74, 6) is 1.61. The van der Waals surface area contributed by atoms with Crippen LogP contribution in [-0.4, -0.2) is 30.1 Å². The van der Waals surface area contributed by atoms with Crippen molar-refractivity contribution in [1.82, 2.24) is 30.1 Å². The first-order chi connectivity index (χ1) is 17.6. The predicted octanol–water partition coefficient (Wildman–Crippen LogP) is 4.81. The summed E-state index contributed by atoms with van der Waals surface area (Å²) in [7, 11) is 0. The Morgan fingerprint density at radius 3 is 2.69 bits per heavy atom. The lowest BCUT2D eigenvalue weighted by Gasteiger charge is -2.29. The smallest absolute Gasteiger partial charge is 0.252 e. The van der Waals surface area contributed by atoms with Crippen LogP contribution in [0.1, 0.15) is 47.7 Å². The van der Waals surface area contributed by atoms with Gasteiger partial charge in [0.1, 0.15) is 5.76 Å². The van der Waals surface area contributed by atoms with Crippen LogP contribution in [0.5, 0.6) is 0 Å². The van der Waals surface area contributed by atoms with E-state index in [-0.39, 0.29) is 11.6 Å². The van der Waals surface area contributed by atoms with Crippen molar-refractivity contribution in [3.05, 3.63) is 112 Å². The molecule has 0 spiro atoms. The number of fused-ring (bicyclic) bond motifs is 1. The van der Waals surface area contributed by atoms with Gasteiger partial charge in [-0.1, -0.05) is 49.4 Å². The Morgan fingerprint density at radius 1 is 1.06 bits per heavy atom. The summed E-state index contributed by atoms with van der Waals surface area (Å²) >= 11 is 0. The monoisotopic (exact) mass is 482 g/mol. The number of aryl methyl sites for hydroxylation is 3. The molecular formula is C28H30N6O2. The van der Waals surface area contributed by atoms with E-state index in [0.29, 0.717) is 25.2 Å². The third-order valence-electron chi connectivity index (χ3n) is 6.53. The Morgan fingerprint density at radius 2 is 1.92 bits per heavy atom. The molecule has 0 bridgehead atoms. The molecule has 0 amide bonds. The highest BCUT2D eigenvalue weighted by Crippen LogP contribution is 2.27. The molecule has 1 N–H and O–H groups in total. The molecule has 8 nitrogen and oxygen atoms in total. The Kier molecular flexibility index (Phi) is 7.04. The van der Waals surface area contributed by atoms with E-state index in [1.54, 1.807) is 6.26 Å². The van der Waals surface area contributed by atoms with Gasteiger partial charge in [-0.05, 0) is 71.0 Å². The van der Waals surface area contributed by atoms with Crippen LogP contribution in [0.2, 0.25) is 0 Å². The quantitative estimate of drug-likeness (QED) is 0.307. The van der Waals surface area contributed by atoms with E-state index in [1.165, 1.54) is 5.56 Å². The van der Waals surface area contributed by atoms with Gasteiger partial charge in [0.05, 0.1) is 18.8 Å². The van der Waals surface area contributed by atoms with Crippen LogP contribution in [0, 0.1) is 6.92 Å². The van der Waals surface area contributed by atoms with Crippen LogP contribution < -0.4 is 5.56 Å². The van der Waals surface area contributed by atoms with Gasteiger partial charge in [-0.25, -0.2) is 4.68 Å². The minimum atomic E-state index is -0.103. The third-order valence-corrected chi connectivity index (χ3v) is 6.53. The minimum absolute atomic E-state index is 0.0870. The zero-order chi connectivity index (χ0) is 24.9. The van der Waals surface area contributed by atoms with Crippen molar-refractivity contribution in [2.45, 2.75) is 52.4 Å². The fraction of sp³-hybridized carbons (Fsp3) is 0.286. The Hall–Kier alpha value is -4.04. The zero-order valence-electron chi connectivity index (χ0n) is 20.6. The fourth-order valence-electron chi connectivity index (χ4n) is 4.67. The van der Waals surface area contributed by atoms with Crippen molar-refractivity contribution < 1.29 is 4.42 Å². The lowest BCUT2D eigenvalue weighted by Crippen LogP contribution is -2.32. The van der Waals surface area contributed by atoms with Crippen LogP contribution >= 0.6 is 0 Å². The highest BCUT2D eigenvalue weighted by molar-refractivity contribution is 5.79. The van der Waals surface area contributed by atoms with Crippen LogP contribution in [0.15, 0.2) is 82.2 Å². The summed E-state index contributed by atoms with van der Waals surface area (Å²) < 4.78 is 7.56. The SMILES string of the molecule is CC[C@H](c1nnnn1CCc1ccccc1)N(Cc1ccco1)Cc1cc2ccc(C)cc2[nH]c1=O. The molecule has 5 aromatic rings. The Labute approximate surface area is 209 Å². The molecule has 0 unspecified atom stereocenters. The van der Waals surface area contributed by atoms with Gasteiger partial charge in [0.25, 0.3) is 5.56 Å². The molecule has 0 saturated carbocycles. The van der Waals surface area contributed by atoms with Crippen molar-refractivity contribution in [2.75, 3.05) is 0 Å². The first kappa shape index (κ1) is 23.7. The van der Waals surface area contributed by atoms with E-state index in [9.17, 15) is 4.79 Å². The molecule has 0 aliphatic rings. The molecule has 0 aliphatic carbocycles. The molecule has 0 saturated heterocycles. The van der Waals surface area contributed by atoms with Crippen molar-refractivity contribution >= 4 is 10.9 Å². The van der Waals surface area contributed by atoms with Gasteiger partial charge in [-0.15, -0.1) is 5.10 Å². The maximum atomic E-state index is 13.1. The van der Waals surface area contributed by atoms with Gasteiger partial charge in [-0.2, -0.15) is 0 Å². The van der Waals surface area contributed by atoms with Gasteiger partial charge in [0.2, 0.25) is 0 Å².